The van der Waals surface area contributed by atoms with Gasteiger partial charge in [0.05, 0.1) is 5.75 Å². The Morgan fingerprint density at radius 2 is 2.05 bits per heavy atom. The zero-order valence-corrected chi connectivity index (χ0v) is 14.2. The van der Waals surface area contributed by atoms with E-state index < -0.39 is 9.84 Å². The molecule has 1 fully saturated rings. The molecule has 0 bridgehead atoms. The van der Waals surface area contributed by atoms with E-state index in [9.17, 15) is 8.42 Å². The molecule has 2 rings (SSSR count). The first kappa shape index (κ1) is 16.0. The van der Waals surface area contributed by atoms with Crippen LogP contribution in [0.5, 0.6) is 0 Å². The van der Waals surface area contributed by atoms with Crippen molar-refractivity contribution in [1.82, 2.24) is 5.32 Å². The molecule has 20 heavy (non-hydrogen) atoms. The van der Waals surface area contributed by atoms with Gasteiger partial charge in [0.2, 0.25) is 0 Å². The number of benzene rings is 1. The molecule has 0 radical (unpaired) electrons. The van der Waals surface area contributed by atoms with Crippen LogP contribution in [0.3, 0.4) is 0 Å². The Kier molecular flexibility index (Phi) is 5.64. The van der Waals surface area contributed by atoms with E-state index in [2.05, 4.69) is 27.3 Å². The van der Waals surface area contributed by atoms with E-state index in [0.717, 1.165) is 11.0 Å². The molecule has 3 nitrogen and oxygen atoms in total. The summed E-state index contributed by atoms with van der Waals surface area (Å²) in [5.74, 6) is 0.737. The van der Waals surface area contributed by atoms with Gasteiger partial charge in [-0.05, 0) is 36.8 Å². The first-order valence-corrected chi connectivity index (χ1v) is 9.81. The lowest BCUT2D eigenvalue weighted by molar-refractivity contribution is 0.553. The molecule has 1 aromatic rings. The van der Waals surface area contributed by atoms with Crippen molar-refractivity contribution in [3.63, 3.8) is 0 Å². The molecule has 1 unspecified atom stereocenters. The van der Waals surface area contributed by atoms with Crippen LogP contribution >= 0.6 is 15.9 Å². The molecule has 112 valence electrons. The average molecular weight is 360 g/mol. The summed E-state index contributed by atoms with van der Waals surface area (Å²) < 4.78 is 24.5. The number of halogens is 1. The second-order valence-electron chi connectivity index (χ2n) is 5.43. The van der Waals surface area contributed by atoms with Crippen LogP contribution in [0.4, 0.5) is 0 Å². The summed E-state index contributed by atoms with van der Waals surface area (Å²) in [5, 5.41) is 3.52. The standard InChI is InChI=1S/C15H22BrNO2S/c1-2-20(18,19)10-9-12(11-17-13-7-8-13)14-5-3-4-6-15(14)16/h3-6,12-13,17H,2,7-11H2,1H3. The van der Waals surface area contributed by atoms with Crippen molar-refractivity contribution in [1.29, 1.82) is 0 Å². The molecule has 0 heterocycles. The van der Waals surface area contributed by atoms with Crippen LogP contribution in [0.1, 0.15) is 37.7 Å². The van der Waals surface area contributed by atoms with Gasteiger partial charge in [0.25, 0.3) is 0 Å². The Hall–Kier alpha value is -0.390. The maximum Gasteiger partial charge on any atom is 0.150 e. The molecule has 0 saturated heterocycles. The monoisotopic (exact) mass is 359 g/mol. The first-order valence-electron chi connectivity index (χ1n) is 7.20. The third-order valence-electron chi connectivity index (χ3n) is 3.79. The highest BCUT2D eigenvalue weighted by Gasteiger charge is 2.24. The van der Waals surface area contributed by atoms with E-state index in [1.807, 2.05) is 18.2 Å². The fourth-order valence-electron chi connectivity index (χ4n) is 2.24. The summed E-state index contributed by atoms with van der Waals surface area (Å²) >= 11 is 3.58. The Morgan fingerprint density at radius 3 is 2.65 bits per heavy atom. The quantitative estimate of drug-likeness (QED) is 0.775. The highest BCUT2D eigenvalue weighted by Crippen LogP contribution is 2.29. The normalized spacial score (nSPS) is 17.1. The Morgan fingerprint density at radius 1 is 1.35 bits per heavy atom. The first-order chi connectivity index (χ1) is 9.52. The van der Waals surface area contributed by atoms with Crippen molar-refractivity contribution in [3.05, 3.63) is 34.3 Å². The number of hydrogen-bond acceptors (Lipinski definition) is 3. The van der Waals surface area contributed by atoms with Gasteiger partial charge in [0, 0.05) is 22.8 Å². The summed E-state index contributed by atoms with van der Waals surface area (Å²) in [5.41, 5.74) is 1.20. The van der Waals surface area contributed by atoms with Gasteiger partial charge in [0.15, 0.2) is 0 Å². The van der Waals surface area contributed by atoms with Gasteiger partial charge in [-0.25, -0.2) is 8.42 Å². The Bertz CT molecular complexity index is 541. The maximum atomic E-state index is 11.7. The van der Waals surface area contributed by atoms with E-state index in [4.69, 9.17) is 0 Å². The van der Waals surface area contributed by atoms with Crippen LogP contribution in [0.25, 0.3) is 0 Å². The highest BCUT2D eigenvalue weighted by molar-refractivity contribution is 9.10. The fourth-order valence-corrected chi connectivity index (χ4v) is 3.78. The van der Waals surface area contributed by atoms with Crippen molar-refractivity contribution in [2.45, 2.75) is 38.1 Å². The zero-order chi connectivity index (χ0) is 14.6. The molecule has 1 atom stereocenters. The fraction of sp³-hybridized carbons (Fsp3) is 0.600. The van der Waals surface area contributed by atoms with Crippen LogP contribution in [-0.2, 0) is 9.84 Å². The van der Waals surface area contributed by atoms with Gasteiger partial charge in [-0.1, -0.05) is 41.1 Å². The van der Waals surface area contributed by atoms with Crippen molar-refractivity contribution in [2.75, 3.05) is 18.1 Å². The molecule has 0 spiro atoms. The van der Waals surface area contributed by atoms with E-state index in [1.165, 1.54) is 18.4 Å². The number of sulfone groups is 1. The summed E-state index contributed by atoms with van der Waals surface area (Å²) in [4.78, 5) is 0. The van der Waals surface area contributed by atoms with Gasteiger partial charge in [-0.15, -0.1) is 0 Å². The van der Waals surface area contributed by atoms with E-state index >= 15 is 0 Å². The van der Waals surface area contributed by atoms with Crippen LogP contribution < -0.4 is 5.32 Å². The second-order valence-corrected chi connectivity index (χ2v) is 8.75. The Balaban J connectivity index is 2.05. The molecule has 0 aliphatic heterocycles. The van der Waals surface area contributed by atoms with Crippen LogP contribution in [0.2, 0.25) is 0 Å². The Labute approximate surface area is 130 Å². The summed E-state index contributed by atoms with van der Waals surface area (Å²) in [6.45, 7) is 2.57. The topological polar surface area (TPSA) is 46.2 Å². The van der Waals surface area contributed by atoms with Crippen LogP contribution in [-0.4, -0.2) is 32.5 Å². The molecule has 1 saturated carbocycles. The number of rotatable bonds is 8. The van der Waals surface area contributed by atoms with Gasteiger partial charge >= 0.3 is 0 Å². The lowest BCUT2D eigenvalue weighted by Crippen LogP contribution is -2.25. The van der Waals surface area contributed by atoms with Crippen molar-refractivity contribution >= 4 is 25.8 Å². The molecule has 0 amide bonds. The largest absolute Gasteiger partial charge is 0.313 e. The average Bonchev–Trinajstić information content (AvgIpc) is 3.24. The number of nitrogens with one attached hydrogen (secondary N) is 1. The number of hydrogen-bond donors (Lipinski definition) is 1. The van der Waals surface area contributed by atoms with Crippen molar-refractivity contribution in [2.24, 2.45) is 0 Å². The minimum absolute atomic E-state index is 0.228. The van der Waals surface area contributed by atoms with Gasteiger partial charge in [0.1, 0.15) is 9.84 Å². The SMILES string of the molecule is CCS(=O)(=O)CCC(CNC1CC1)c1ccccc1Br. The highest BCUT2D eigenvalue weighted by atomic mass is 79.9. The van der Waals surface area contributed by atoms with Gasteiger partial charge in [-0.3, -0.25) is 0 Å². The smallest absolute Gasteiger partial charge is 0.150 e. The predicted octanol–water partition coefficient (Wildman–Crippen LogP) is 3.11. The molecular weight excluding hydrogens is 338 g/mol. The van der Waals surface area contributed by atoms with Crippen molar-refractivity contribution in [3.8, 4) is 0 Å². The molecule has 1 aromatic carbocycles. The van der Waals surface area contributed by atoms with E-state index in [1.54, 1.807) is 6.92 Å². The lowest BCUT2D eigenvalue weighted by atomic mass is 9.96. The van der Waals surface area contributed by atoms with Gasteiger partial charge in [-0.2, -0.15) is 0 Å². The third-order valence-corrected chi connectivity index (χ3v) is 6.25. The van der Waals surface area contributed by atoms with E-state index in [-0.39, 0.29) is 17.4 Å². The molecule has 0 aromatic heterocycles. The van der Waals surface area contributed by atoms with Gasteiger partial charge < -0.3 is 5.32 Å². The zero-order valence-electron chi connectivity index (χ0n) is 11.8. The minimum atomic E-state index is -2.90. The second kappa shape index (κ2) is 7.05. The molecule has 1 aliphatic rings. The summed E-state index contributed by atoms with van der Waals surface area (Å²) in [7, 11) is -2.90. The lowest BCUT2D eigenvalue weighted by Gasteiger charge is -2.19. The predicted molar refractivity (Wildman–Crippen MR) is 86.9 cm³/mol. The van der Waals surface area contributed by atoms with E-state index in [0.29, 0.717) is 12.5 Å². The maximum absolute atomic E-state index is 11.7. The molecule has 5 heteroatoms. The molecular formula is C15H22BrNO2S. The third kappa shape index (κ3) is 4.86. The molecule has 1 N–H and O–H groups in total. The molecule has 1 aliphatic carbocycles. The summed E-state index contributed by atoms with van der Waals surface area (Å²) in [6.07, 6.45) is 3.17. The summed E-state index contributed by atoms with van der Waals surface area (Å²) in [6, 6.07) is 8.75. The minimum Gasteiger partial charge on any atom is -0.313 e. The van der Waals surface area contributed by atoms with Crippen molar-refractivity contribution < 1.29 is 8.42 Å². The van der Waals surface area contributed by atoms with Crippen LogP contribution in [0.15, 0.2) is 28.7 Å². The van der Waals surface area contributed by atoms with Crippen LogP contribution in [0, 0.1) is 0 Å².